The highest BCUT2D eigenvalue weighted by molar-refractivity contribution is 6.35. The van der Waals surface area contributed by atoms with Crippen LogP contribution in [-0.4, -0.2) is 46.2 Å². The Morgan fingerprint density at radius 1 is 0.571 bits per heavy atom. The third-order valence-electron chi connectivity index (χ3n) is 8.05. The first-order valence-corrected chi connectivity index (χ1v) is 13.6. The molecule has 0 spiro atoms. The third kappa shape index (κ3) is 3.68. The van der Waals surface area contributed by atoms with Gasteiger partial charge in [-0.15, -0.1) is 0 Å². The highest BCUT2D eigenvalue weighted by atomic mass is 35.5. The summed E-state index contributed by atoms with van der Waals surface area (Å²) in [5.41, 5.74) is 2.48. The summed E-state index contributed by atoms with van der Waals surface area (Å²) in [5.74, 6) is -4.57. The van der Waals surface area contributed by atoms with Gasteiger partial charge in [0.05, 0.1) is 46.5 Å². The number of ether oxygens (including phenoxy) is 2. The number of hydrogen-bond donors (Lipinski definition) is 4. The predicted molar refractivity (Wildman–Crippen MR) is 156 cm³/mol. The number of halogens is 2. The van der Waals surface area contributed by atoms with E-state index in [0.717, 1.165) is 23.3 Å². The Balaban J connectivity index is 1.86. The number of carbonyl (C=O) groups excluding carboxylic acids is 2. The van der Waals surface area contributed by atoms with Crippen molar-refractivity contribution in [3.8, 4) is 34.5 Å². The molecular weight excluding hydrogens is 583 g/mol. The van der Waals surface area contributed by atoms with Crippen LogP contribution in [0.3, 0.4) is 0 Å². The van der Waals surface area contributed by atoms with E-state index in [1.807, 2.05) is 13.8 Å². The molecule has 0 radical (unpaired) electrons. The predicted octanol–water partition coefficient (Wildman–Crippen LogP) is 6.50. The summed E-state index contributed by atoms with van der Waals surface area (Å²) in [6, 6.07) is 8.88. The minimum atomic E-state index is -0.984. The lowest BCUT2D eigenvalue weighted by Gasteiger charge is -2.39. The van der Waals surface area contributed by atoms with E-state index in [1.54, 1.807) is 24.3 Å². The van der Waals surface area contributed by atoms with Crippen molar-refractivity contribution in [1.82, 2.24) is 0 Å². The summed E-state index contributed by atoms with van der Waals surface area (Å²) in [5, 5.41) is 43.2. The maximum Gasteiger partial charge on any atom is 0.201 e. The fourth-order valence-corrected chi connectivity index (χ4v) is 7.01. The van der Waals surface area contributed by atoms with Crippen molar-refractivity contribution in [3.63, 3.8) is 0 Å². The van der Waals surface area contributed by atoms with E-state index in [4.69, 9.17) is 32.7 Å². The van der Waals surface area contributed by atoms with Gasteiger partial charge in [0.1, 0.15) is 34.5 Å². The maximum absolute atomic E-state index is 14.0. The van der Waals surface area contributed by atoms with Crippen molar-refractivity contribution in [2.45, 2.75) is 25.7 Å². The van der Waals surface area contributed by atoms with Crippen LogP contribution < -0.4 is 9.47 Å². The zero-order valence-electron chi connectivity index (χ0n) is 22.8. The van der Waals surface area contributed by atoms with Gasteiger partial charge in [-0.1, -0.05) is 35.3 Å². The first-order chi connectivity index (χ1) is 19.9. The Labute approximate surface area is 250 Å². The first-order valence-electron chi connectivity index (χ1n) is 12.9. The number of phenolic OH excluding ortho intramolecular Hbond substituents is 4. The van der Waals surface area contributed by atoms with Crippen LogP contribution in [0.15, 0.2) is 36.4 Å². The van der Waals surface area contributed by atoms with Crippen molar-refractivity contribution >= 4 is 34.8 Å². The van der Waals surface area contributed by atoms with Crippen molar-refractivity contribution in [3.05, 3.63) is 102 Å². The number of aryl methyl sites for hydroxylation is 2. The summed E-state index contributed by atoms with van der Waals surface area (Å²) < 4.78 is 11.2. The monoisotopic (exact) mass is 606 g/mol. The molecule has 0 saturated carbocycles. The number of hydrogen-bond acceptors (Lipinski definition) is 8. The van der Waals surface area contributed by atoms with E-state index in [-0.39, 0.29) is 54.9 Å². The van der Waals surface area contributed by atoms with Crippen molar-refractivity contribution < 1.29 is 39.5 Å². The molecule has 10 heteroatoms. The molecule has 214 valence electrons. The molecule has 2 aliphatic rings. The Bertz CT molecular complexity index is 1760. The molecular formula is C32H24Cl2O8. The Hall–Kier alpha value is -4.40. The summed E-state index contributed by atoms with van der Waals surface area (Å²) >= 11 is 13.5. The van der Waals surface area contributed by atoms with Crippen molar-refractivity contribution in [1.29, 1.82) is 0 Å². The summed E-state index contributed by atoms with van der Waals surface area (Å²) in [7, 11) is 2.84. The topological polar surface area (TPSA) is 134 Å². The molecule has 0 saturated heterocycles. The molecule has 6 rings (SSSR count). The van der Waals surface area contributed by atoms with E-state index in [2.05, 4.69) is 0 Å². The number of methoxy groups -OCH3 is 2. The zero-order valence-corrected chi connectivity index (χ0v) is 24.3. The van der Waals surface area contributed by atoms with E-state index >= 15 is 0 Å². The van der Waals surface area contributed by atoms with Crippen LogP contribution in [0.5, 0.6) is 34.5 Å². The molecule has 0 aliphatic heterocycles. The van der Waals surface area contributed by atoms with Gasteiger partial charge in [-0.2, -0.15) is 0 Å². The molecule has 8 nitrogen and oxygen atoms in total. The minimum absolute atomic E-state index is 0.0925. The van der Waals surface area contributed by atoms with E-state index < -0.39 is 46.4 Å². The number of aromatic hydroxyl groups is 4. The lowest BCUT2D eigenvalue weighted by molar-refractivity contribution is 0.101. The number of carbonyl (C=O) groups is 2. The van der Waals surface area contributed by atoms with E-state index in [0.29, 0.717) is 11.1 Å². The number of ketones is 2. The van der Waals surface area contributed by atoms with E-state index in [1.165, 1.54) is 14.2 Å². The van der Waals surface area contributed by atoms with Gasteiger partial charge in [0.25, 0.3) is 0 Å². The van der Waals surface area contributed by atoms with E-state index in [9.17, 15) is 30.0 Å². The molecule has 0 aromatic heterocycles. The molecule has 0 fully saturated rings. The molecule has 0 bridgehead atoms. The maximum atomic E-state index is 14.0. The van der Waals surface area contributed by atoms with Crippen LogP contribution in [-0.2, 0) is 0 Å². The Kier molecular flexibility index (Phi) is 6.33. The lowest BCUT2D eigenvalue weighted by atomic mass is 9.63. The number of phenols is 4. The van der Waals surface area contributed by atoms with Crippen LogP contribution >= 0.6 is 23.2 Å². The largest absolute Gasteiger partial charge is 0.507 e. The molecule has 0 amide bonds. The molecule has 2 atom stereocenters. The van der Waals surface area contributed by atoms with Gasteiger partial charge in [-0.05, 0) is 59.4 Å². The van der Waals surface area contributed by atoms with Gasteiger partial charge < -0.3 is 29.9 Å². The van der Waals surface area contributed by atoms with Crippen molar-refractivity contribution in [2.75, 3.05) is 14.2 Å². The highest BCUT2D eigenvalue weighted by Crippen LogP contribution is 2.60. The molecule has 2 aliphatic carbocycles. The second-order valence-corrected chi connectivity index (χ2v) is 11.3. The van der Waals surface area contributed by atoms with Crippen LogP contribution in [0.4, 0.5) is 0 Å². The van der Waals surface area contributed by atoms with Crippen LogP contribution in [0.1, 0.15) is 77.1 Å². The zero-order chi connectivity index (χ0) is 30.4. The standard InChI is InChI=1S/C32H24Cl2O8/c1-11-5-13-21(19(7-11)41-3)31(39)25-15(35)9-17(37)29(33)27(25)23(13)24-14-6-12(2)8-20(42-4)22(14)32(40)26-16(36)10-18(38)30(34)28(24)26/h5-10,23-24,35-38H,1-4H3/t23-,24-/m1/s1. The first kappa shape index (κ1) is 27.8. The minimum Gasteiger partial charge on any atom is -0.507 e. The highest BCUT2D eigenvalue weighted by Gasteiger charge is 2.48. The second kappa shape index (κ2) is 9.58. The number of fused-ring (bicyclic) bond motifs is 4. The average Bonchev–Trinajstić information content (AvgIpc) is 2.93. The second-order valence-electron chi connectivity index (χ2n) is 10.5. The number of benzene rings is 4. The van der Waals surface area contributed by atoms with Crippen molar-refractivity contribution in [2.24, 2.45) is 0 Å². The molecule has 4 N–H and O–H groups in total. The van der Waals surface area contributed by atoms with Gasteiger partial charge in [-0.3, -0.25) is 9.59 Å². The molecule has 4 aromatic rings. The van der Waals surface area contributed by atoms with Gasteiger partial charge >= 0.3 is 0 Å². The molecule has 0 heterocycles. The van der Waals surface area contributed by atoms with Crippen LogP contribution in [0.25, 0.3) is 0 Å². The smallest absolute Gasteiger partial charge is 0.201 e. The summed E-state index contributed by atoms with van der Waals surface area (Å²) in [6.07, 6.45) is 0. The number of rotatable bonds is 3. The fraction of sp³-hybridized carbons (Fsp3) is 0.188. The van der Waals surface area contributed by atoms with Gasteiger partial charge in [0.2, 0.25) is 11.6 Å². The lowest BCUT2D eigenvalue weighted by Crippen LogP contribution is -2.30. The van der Waals surface area contributed by atoms with Crippen LogP contribution in [0.2, 0.25) is 10.0 Å². The van der Waals surface area contributed by atoms with Crippen LogP contribution in [0, 0.1) is 13.8 Å². The molecule has 0 unspecified atom stereocenters. The Morgan fingerprint density at radius 2 is 0.929 bits per heavy atom. The average molecular weight is 607 g/mol. The molecule has 42 heavy (non-hydrogen) atoms. The SMILES string of the molecule is COc1cc(C)cc2c1C(=O)c1c(O)cc(O)c(Cl)c1[C@H]2[C@H]1c2cc(C)cc(OC)c2C(=O)c2c(O)cc(O)c(Cl)c21. The van der Waals surface area contributed by atoms with Gasteiger partial charge in [0, 0.05) is 24.0 Å². The summed E-state index contributed by atoms with van der Waals surface area (Å²) in [6.45, 7) is 3.62. The van der Waals surface area contributed by atoms with Gasteiger partial charge in [0.15, 0.2) is 0 Å². The normalized spacial score (nSPS) is 16.8. The quantitative estimate of drug-likeness (QED) is 0.207. The van der Waals surface area contributed by atoms with Gasteiger partial charge in [-0.25, -0.2) is 0 Å². The Morgan fingerprint density at radius 3 is 1.26 bits per heavy atom. The molecule has 4 aromatic carbocycles. The third-order valence-corrected chi connectivity index (χ3v) is 8.84. The fourth-order valence-electron chi connectivity index (χ4n) is 6.48. The summed E-state index contributed by atoms with van der Waals surface area (Å²) in [4.78, 5) is 28.0.